The molecule has 0 bridgehead atoms. The van der Waals surface area contributed by atoms with Gasteiger partial charge < -0.3 is 10.2 Å². The summed E-state index contributed by atoms with van der Waals surface area (Å²) in [5, 5.41) is 3.00. The van der Waals surface area contributed by atoms with E-state index in [1.54, 1.807) is 0 Å². The predicted octanol–water partition coefficient (Wildman–Crippen LogP) is 2.02. The van der Waals surface area contributed by atoms with Crippen molar-refractivity contribution in [1.82, 2.24) is 15.1 Å². The maximum absolute atomic E-state index is 12.7. The Bertz CT molecular complexity index is 401. The van der Waals surface area contributed by atoms with Crippen molar-refractivity contribution in [2.75, 3.05) is 32.7 Å². The van der Waals surface area contributed by atoms with Gasteiger partial charge >= 0.3 is 0 Å². The topological polar surface area (TPSA) is 52.7 Å². The van der Waals surface area contributed by atoms with Crippen LogP contribution in [0.1, 0.15) is 59.3 Å². The smallest absolute Gasteiger partial charge is 0.234 e. The first-order valence-corrected chi connectivity index (χ1v) is 9.17. The van der Waals surface area contributed by atoms with Crippen LogP contribution in [0.25, 0.3) is 0 Å². The van der Waals surface area contributed by atoms with E-state index in [1.165, 1.54) is 12.8 Å². The van der Waals surface area contributed by atoms with Crippen LogP contribution in [0, 0.1) is 5.92 Å². The summed E-state index contributed by atoms with van der Waals surface area (Å²) in [4.78, 5) is 28.9. The molecule has 2 aliphatic heterocycles. The van der Waals surface area contributed by atoms with Gasteiger partial charge in [0.2, 0.25) is 11.8 Å². The molecule has 2 fully saturated rings. The molecule has 5 heteroatoms. The first-order valence-electron chi connectivity index (χ1n) is 9.17. The number of piperidine rings is 1. The van der Waals surface area contributed by atoms with Crippen molar-refractivity contribution in [1.29, 1.82) is 0 Å². The van der Waals surface area contributed by atoms with Crippen LogP contribution in [0.2, 0.25) is 0 Å². The standard InChI is InChI=1S/C18H33N3O2/c1-18(2,3)19-16(22)14-20-12-8-15(9-13-20)17(23)21-10-6-4-5-7-11-21/h15H,4-14H2,1-3H3,(H,19,22). The molecule has 0 spiro atoms. The molecule has 2 amide bonds. The molecular formula is C18H33N3O2. The van der Waals surface area contributed by atoms with Gasteiger partial charge in [-0.25, -0.2) is 0 Å². The van der Waals surface area contributed by atoms with Crippen LogP contribution >= 0.6 is 0 Å². The minimum atomic E-state index is -0.182. The fraction of sp³-hybridized carbons (Fsp3) is 0.889. The largest absolute Gasteiger partial charge is 0.350 e. The summed E-state index contributed by atoms with van der Waals surface area (Å²) in [7, 11) is 0. The van der Waals surface area contributed by atoms with Crippen molar-refractivity contribution in [3.63, 3.8) is 0 Å². The maximum atomic E-state index is 12.7. The lowest BCUT2D eigenvalue weighted by Gasteiger charge is -2.34. The Morgan fingerprint density at radius 3 is 2.04 bits per heavy atom. The van der Waals surface area contributed by atoms with Gasteiger partial charge in [-0.2, -0.15) is 0 Å². The van der Waals surface area contributed by atoms with E-state index in [0.717, 1.165) is 51.9 Å². The van der Waals surface area contributed by atoms with E-state index >= 15 is 0 Å². The average Bonchev–Trinajstić information content (AvgIpc) is 2.74. The first kappa shape index (κ1) is 18.2. The highest BCUT2D eigenvalue weighted by atomic mass is 16.2. The highest BCUT2D eigenvalue weighted by molar-refractivity contribution is 5.80. The molecule has 5 nitrogen and oxygen atoms in total. The molecule has 23 heavy (non-hydrogen) atoms. The molecule has 0 aliphatic carbocycles. The Balaban J connectivity index is 1.74. The molecule has 0 unspecified atom stereocenters. The number of amides is 2. The average molecular weight is 323 g/mol. The van der Waals surface area contributed by atoms with E-state index < -0.39 is 0 Å². The zero-order valence-corrected chi connectivity index (χ0v) is 15.1. The number of nitrogens with one attached hydrogen (secondary N) is 1. The van der Waals surface area contributed by atoms with E-state index in [4.69, 9.17) is 0 Å². The molecule has 2 rings (SSSR count). The second kappa shape index (κ2) is 8.13. The maximum Gasteiger partial charge on any atom is 0.234 e. The van der Waals surface area contributed by atoms with Gasteiger partial charge in [0.25, 0.3) is 0 Å². The number of hydrogen-bond acceptors (Lipinski definition) is 3. The van der Waals surface area contributed by atoms with Crippen LogP contribution in [0.15, 0.2) is 0 Å². The SMILES string of the molecule is CC(C)(C)NC(=O)CN1CCC(C(=O)N2CCCCCC2)CC1. The minimum Gasteiger partial charge on any atom is -0.350 e. The van der Waals surface area contributed by atoms with Gasteiger partial charge in [-0.1, -0.05) is 12.8 Å². The van der Waals surface area contributed by atoms with Crippen LogP contribution < -0.4 is 5.32 Å². The molecule has 0 atom stereocenters. The van der Waals surface area contributed by atoms with Gasteiger partial charge in [-0.05, 0) is 59.5 Å². The summed E-state index contributed by atoms with van der Waals surface area (Å²) >= 11 is 0. The molecule has 0 radical (unpaired) electrons. The summed E-state index contributed by atoms with van der Waals surface area (Å²) in [6, 6.07) is 0. The third kappa shape index (κ3) is 6.13. The Hall–Kier alpha value is -1.10. The van der Waals surface area contributed by atoms with Gasteiger partial charge in [-0.3, -0.25) is 14.5 Å². The number of carbonyl (C=O) groups is 2. The number of likely N-dealkylation sites (tertiary alicyclic amines) is 2. The molecule has 2 heterocycles. The fourth-order valence-electron chi connectivity index (χ4n) is 3.55. The molecular weight excluding hydrogens is 290 g/mol. The van der Waals surface area contributed by atoms with Crippen molar-refractivity contribution in [3.05, 3.63) is 0 Å². The van der Waals surface area contributed by atoms with Crippen LogP contribution in [0.4, 0.5) is 0 Å². The molecule has 0 aromatic rings. The highest BCUT2D eigenvalue weighted by Gasteiger charge is 2.29. The van der Waals surface area contributed by atoms with Gasteiger partial charge in [0.05, 0.1) is 6.54 Å². The Labute approximate surface area is 140 Å². The van der Waals surface area contributed by atoms with Crippen molar-refractivity contribution in [2.45, 2.75) is 64.8 Å². The van der Waals surface area contributed by atoms with E-state index in [0.29, 0.717) is 12.5 Å². The first-order chi connectivity index (χ1) is 10.8. The summed E-state index contributed by atoms with van der Waals surface area (Å²) in [6.45, 7) is 10.0. The molecule has 132 valence electrons. The van der Waals surface area contributed by atoms with E-state index in [9.17, 15) is 9.59 Å². The molecule has 2 aliphatic rings. The lowest BCUT2D eigenvalue weighted by atomic mass is 9.95. The summed E-state index contributed by atoms with van der Waals surface area (Å²) in [6.07, 6.45) is 6.58. The van der Waals surface area contributed by atoms with Crippen LogP contribution in [-0.4, -0.2) is 59.9 Å². The Morgan fingerprint density at radius 1 is 0.957 bits per heavy atom. The molecule has 2 saturated heterocycles. The second-order valence-corrected chi connectivity index (χ2v) is 8.09. The Morgan fingerprint density at radius 2 is 1.52 bits per heavy atom. The summed E-state index contributed by atoms with van der Waals surface area (Å²) in [5.74, 6) is 0.593. The molecule has 0 aromatic heterocycles. The third-order valence-corrected chi connectivity index (χ3v) is 4.74. The predicted molar refractivity (Wildman–Crippen MR) is 92.1 cm³/mol. The van der Waals surface area contributed by atoms with Crippen molar-refractivity contribution in [2.24, 2.45) is 5.92 Å². The fourth-order valence-corrected chi connectivity index (χ4v) is 3.55. The number of carbonyl (C=O) groups excluding carboxylic acids is 2. The van der Waals surface area contributed by atoms with Gasteiger partial charge in [-0.15, -0.1) is 0 Å². The lowest BCUT2D eigenvalue weighted by Crippen LogP contribution is -2.48. The number of rotatable bonds is 3. The monoisotopic (exact) mass is 323 g/mol. The van der Waals surface area contributed by atoms with Gasteiger partial charge in [0, 0.05) is 24.5 Å². The lowest BCUT2D eigenvalue weighted by molar-refractivity contribution is -0.137. The highest BCUT2D eigenvalue weighted by Crippen LogP contribution is 2.21. The third-order valence-electron chi connectivity index (χ3n) is 4.74. The van der Waals surface area contributed by atoms with Crippen molar-refractivity contribution >= 4 is 11.8 Å². The van der Waals surface area contributed by atoms with Crippen molar-refractivity contribution in [3.8, 4) is 0 Å². The van der Waals surface area contributed by atoms with Gasteiger partial charge in [0.15, 0.2) is 0 Å². The van der Waals surface area contributed by atoms with Gasteiger partial charge in [0.1, 0.15) is 0 Å². The quantitative estimate of drug-likeness (QED) is 0.864. The minimum absolute atomic E-state index is 0.0785. The normalized spacial score (nSPS) is 21.8. The molecule has 0 aromatic carbocycles. The van der Waals surface area contributed by atoms with Crippen LogP contribution in [0.5, 0.6) is 0 Å². The molecule has 0 saturated carbocycles. The zero-order chi connectivity index (χ0) is 16.9. The summed E-state index contributed by atoms with van der Waals surface area (Å²) < 4.78 is 0. The Kier molecular flexibility index (Phi) is 6.45. The van der Waals surface area contributed by atoms with Crippen molar-refractivity contribution < 1.29 is 9.59 Å². The zero-order valence-electron chi connectivity index (χ0n) is 15.1. The number of hydrogen-bond donors (Lipinski definition) is 1. The van der Waals surface area contributed by atoms with Crippen LogP contribution in [0.3, 0.4) is 0 Å². The van der Waals surface area contributed by atoms with E-state index in [1.807, 2.05) is 20.8 Å². The van der Waals surface area contributed by atoms with E-state index in [2.05, 4.69) is 15.1 Å². The number of nitrogens with zero attached hydrogens (tertiary/aromatic N) is 2. The second-order valence-electron chi connectivity index (χ2n) is 8.09. The molecule has 1 N–H and O–H groups in total. The van der Waals surface area contributed by atoms with Crippen LogP contribution in [-0.2, 0) is 9.59 Å². The summed E-state index contributed by atoms with van der Waals surface area (Å²) in [5.41, 5.74) is -0.182. The van der Waals surface area contributed by atoms with E-state index in [-0.39, 0.29) is 17.4 Å².